The lowest BCUT2D eigenvalue weighted by molar-refractivity contribution is -0.137. The maximum Gasteiger partial charge on any atom is 0.582 e. The van der Waals surface area contributed by atoms with E-state index in [4.69, 9.17) is 52.4 Å². The topological polar surface area (TPSA) is 226 Å². The lowest BCUT2D eigenvalue weighted by atomic mass is 10.1. The van der Waals surface area contributed by atoms with Crippen LogP contribution in [-0.4, -0.2) is 146 Å². The molecule has 20 nitrogen and oxygen atoms in total. The molecule has 11 rings (SSSR count). The highest BCUT2D eigenvalue weighted by atomic mass is 28.5. The molecule has 7 heterocycles. The van der Waals surface area contributed by atoms with Crippen LogP contribution in [0.15, 0.2) is 139 Å². The highest BCUT2D eigenvalue weighted by Crippen LogP contribution is 2.45. The van der Waals surface area contributed by atoms with Crippen LogP contribution < -0.4 is 21.6 Å². The average Bonchev–Trinajstić information content (AvgIpc) is 2.19. The molecule has 0 fully saturated rings. The summed E-state index contributed by atoms with van der Waals surface area (Å²) in [5, 5.41) is 9.46. The molecule has 0 radical (unpaired) electrons. The summed E-state index contributed by atoms with van der Waals surface area (Å²) in [5.41, 5.74) is 4.44. The molecule has 4 amide bonds. The third kappa shape index (κ3) is 11.6. The highest BCUT2D eigenvalue weighted by Gasteiger charge is 2.58. The number of aliphatic imine (C=N–C) groups is 4. The number of unbranched alkanes of at least 4 members (excludes halogenated alkanes) is 2. The number of nitrogens with zero attached hydrogens (tertiary/aromatic N) is 9. The molecule has 5 aliphatic rings. The molecule has 6 bridgehead atoms. The first-order valence-corrected chi connectivity index (χ1v) is 36.1. The van der Waals surface area contributed by atoms with Crippen molar-refractivity contribution in [2.75, 3.05) is 59.8 Å². The van der Waals surface area contributed by atoms with Crippen molar-refractivity contribution in [1.82, 2.24) is 24.0 Å². The third-order valence-corrected chi connectivity index (χ3v) is 26.6. The van der Waals surface area contributed by atoms with Crippen molar-refractivity contribution in [2.45, 2.75) is 76.8 Å². The molecule has 424 valence electrons. The van der Waals surface area contributed by atoms with E-state index in [0.717, 1.165) is 43.8 Å². The Labute approximate surface area is 478 Å². The summed E-state index contributed by atoms with van der Waals surface area (Å²) in [6, 6.07) is 33.6. The van der Waals surface area contributed by atoms with E-state index in [1.807, 2.05) is 72.8 Å². The SMILES string of the molecule is COCCOCCOCC(=O)NCCC[Si](C)(C)O[Si]1(O[Si](C)(C)CCCNC(=O)CCCCCN2C(=O)C=CC2=O)n2c3c4ccccc4c2N=C2N=C(N=c4c5ccccc5c(n41)=NC1=NC(=N3)c3ccccc31)c1ccccc12. The van der Waals surface area contributed by atoms with Gasteiger partial charge in [0.25, 0.3) is 11.8 Å². The molecule has 2 aromatic heterocycles. The minimum atomic E-state index is -4.54. The lowest BCUT2D eigenvalue weighted by Crippen LogP contribution is -2.70. The smallest absolute Gasteiger partial charge is 0.404 e. The normalized spacial score (nSPS) is 16.8. The van der Waals surface area contributed by atoms with E-state index in [1.165, 1.54) is 17.1 Å². The molecule has 23 heteroatoms. The zero-order chi connectivity index (χ0) is 57.0. The van der Waals surface area contributed by atoms with Gasteiger partial charge in [0, 0.05) is 89.1 Å². The van der Waals surface area contributed by atoms with Crippen molar-refractivity contribution in [1.29, 1.82) is 0 Å². The molecule has 2 N–H and O–H groups in total. The molecule has 0 spiro atoms. The van der Waals surface area contributed by atoms with Crippen molar-refractivity contribution < 1.29 is 41.6 Å². The van der Waals surface area contributed by atoms with Gasteiger partial charge in [0.05, 0.1) is 26.4 Å². The summed E-state index contributed by atoms with van der Waals surface area (Å²) in [4.78, 5) is 84.7. The number of methoxy groups -OCH3 is 1. The molecule has 0 aliphatic carbocycles. The Bertz CT molecular complexity index is 3630. The van der Waals surface area contributed by atoms with Crippen molar-refractivity contribution in [3.8, 4) is 0 Å². The van der Waals surface area contributed by atoms with E-state index < -0.39 is 25.5 Å². The number of amides is 4. The molecule has 1 atom stereocenters. The summed E-state index contributed by atoms with van der Waals surface area (Å²) >= 11 is 0. The Balaban J connectivity index is 1.01. The van der Waals surface area contributed by atoms with Crippen LogP contribution in [-0.2, 0) is 41.6 Å². The van der Waals surface area contributed by atoms with Gasteiger partial charge in [0.15, 0.2) is 40.0 Å². The van der Waals surface area contributed by atoms with Crippen molar-refractivity contribution in [2.24, 2.45) is 30.0 Å². The molecule has 4 aromatic carbocycles. The predicted molar refractivity (Wildman–Crippen MR) is 321 cm³/mol. The van der Waals surface area contributed by atoms with Crippen LogP contribution in [0, 0.1) is 0 Å². The van der Waals surface area contributed by atoms with Gasteiger partial charge in [-0.15, -0.1) is 0 Å². The average molecular weight is 1160 g/mol. The van der Waals surface area contributed by atoms with Gasteiger partial charge in [-0.3, -0.25) is 32.5 Å². The summed E-state index contributed by atoms with van der Waals surface area (Å²) in [6.07, 6.45) is 6.07. The standard InChI is InChI=1S/C59H67N11O9Si3/c1-75-33-34-76-35-36-77-39-49(72)61-31-18-38-81(4,5)79-82(78-80(2,3)37-17-30-60-48(71)27-7-6-16-32-68-50(73)28-29-51(68)74)69-56-44-23-12-13-24-45(44)58(69)66-54-42-21-10-11-22-43(42)55(63-54)67-59-47-26-15-14-25-46(47)57(70(59)82)65-53-41-20-9-8-19-40(41)52(62-53)64-56/h8-15,19-26,28-29H,6-7,16-18,27,30-39H2,1-5H3,(H,60,71)(H,61,72). The quantitative estimate of drug-likeness (QED) is 0.0324. The van der Waals surface area contributed by atoms with E-state index in [-0.39, 0.29) is 36.8 Å². The molecular weight excluding hydrogens is 1090 g/mol. The van der Waals surface area contributed by atoms with E-state index >= 15 is 0 Å². The summed E-state index contributed by atoms with van der Waals surface area (Å²) in [6.45, 7) is 11.4. The second kappa shape index (κ2) is 24.1. The first-order chi connectivity index (χ1) is 39.7. The molecule has 0 saturated carbocycles. The lowest BCUT2D eigenvalue weighted by Gasteiger charge is -2.43. The van der Waals surface area contributed by atoms with Crippen LogP contribution in [0.2, 0.25) is 38.3 Å². The number of hydrogen-bond acceptors (Lipinski definition) is 15. The van der Waals surface area contributed by atoms with Crippen molar-refractivity contribution >= 4 is 106 Å². The van der Waals surface area contributed by atoms with E-state index in [9.17, 15) is 19.2 Å². The van der Waals surface area contributed by atoms with Crippen LogP contribution >= 0.6 is 0 Å². The van der Waals surface area contributed by atoms with E-state index in [1.54, 1.807) is 7.11 Å². The van der Waals surface area contributed by atoms with Gasteiger partial charge >= 0.3 is 8.88 Å². The molecule has 1 unspecified atom stereocenters. The number of ether oxygens (including phenoxy) is 3. The van der Waals surface area contributed by atoms with E-state index in [2.05, 4.69) is 69.6 Å². The summed E-state index contributed by atoms with van der Waals surface area (Å²) < 4.78 is 37.1. The number of carbonyl (C=O) groups excluding carboxylic acids is 4. The van der Waals surface area contributed by atoms with Gasteiger partial charge in [0.1, 0.15) is 29.2 Å². The van der Waals surface area contributed by atoms with Gasteiger partial charge in [-0.05, 0) is 64.0 Å². The summed E-state index contributed by atoms with van der Waals surface area (Å²) in [5.74, 6) is 2.19. The zero-order valence-corrected chi connectivity index (χ0v) is 49.9. The van der Waals surface area contributed by atoms with Gasteiger partial charge in [-0.25, -0.2) is 30.0 Å². The fourth-order valence-electron chi connectivity index (χ4n) is 11.0. The minimum absolute atomic E-state index is 0.0636. The van der Waals surface area contributed by atoms with Crippen LogP contribution in [0.5, 0.6) is 0 Å². The van der Waals surface area contributed by atoms with Crippen LogP contribution in [0.1, 0.15) is 60.8 Å². The minimum Gasteiger partial charge on any atom is -0.404 e. The number of aromatic nitrogens is 2. The Morgan fingerprint density at radius 1 is 0.512 bits per heavy atom. The van der Waals surface area contributed by atoms with Crippen LogP contribution in [0.25, 0.3) is 21.5 Å². The Morgan fingerprint density at radius 3 is 1.48 bits per heavy atom. The number of fused-ring (bicyclic) bond motifs is 14. The van der Waals surface area contributed by atoms with E-state index in [0.29, 0.717) is 136 Å². The largest absolute Gasteiger partial charge is 0.582 e. The van der Waals surface area contributed by atoms with Gasteiger partial charge in [-0.2, -0.15) is 0 Å². The van der Waals surface area contributed by atoms with Crippen LogP contribution in [0.3, 0.4) is 0 Å². The summed E-state index contributed by atoms with van der Waals surface area (Å²) in [7, 11) is -8.98. The van der Waals surface area contributed by atoms with Gasteiger partial charge in [-0.1, -0.05) is 103 Å². The second-order valence-corrected chi connectivity index (χ2v) is 33.6. The van der Waals surface area contributed by atoms with Crippen LogP contribution in [0.4, 0.5) is 11.6 Å². The first-order valence-electron chi connectivity index (χ1n) is 28.1. The number of amidine groups is 4. The molecular formula is C59H67N11O9Si3. The Hall–Kier alpha value is -7.49. The Kier molecular flexibility index (Phi) is 16.6. The zero-order valence-electron chi connectivity index (χ0n) is 46.9. The molecule has 6 aromatic rings. The maximum atomic E-state index is 13.3. The molecule has 0 saturated heterocycles. The number of nitrogens with one attached hydrogen (secondary N) is 2. The predicted octanol–water partition coefficient (Wildman–Crippen LogP) is 6.99. The first kappa shape index (κ1) is 56.4. The maximum absolute atomic E-state index is 13.3. The highest BCUT2D eigenvalue weighted by molar-refractivity contribution is 6.88. The van der Waals surface area contributed by atoms with Gasteiger partial charge < -0.3 is 33.1 Å². The number of benzene rings is 4. The van der Waals surface area contributed by atoms with Crippen molar-refractivity contribution in [3.63, 3.8) is 0 Å². The number of carbonyl (C=O) groups is 4. The second-order valence-electron chi connectivity index (χ2n) is 21.9. The molecule has 82 heavy (non-hydrogen) atoms. The van der Waals surface area contributed by atoms with Crippen molar-refractivity contribution in [3.05, 3.63) is 142 Å². The number of hydrogen-bond donors (Lipinski definition) is 2. The third-order valence-electron chi connectivity index (χ3n) is 14.9. The molecule has 5 aliphatic heterocycles. The van der Waals surface area contributed by atoms with Gasteiger partial charge in [0.2, 0.25) is 11.8 Å². The monoisotopic (exact) mass is 1160 g/mol. The number of imide groups is 1. The Morgan fingerprint density at radius 2 is 0.963 bits per heavy atom. The fourth-order valence-corrected chi connectivity index (χ4v) is 23.6. The fraction of sp³-hybridized carbons (Fsp3) is 0.356. The number of rotatable bonds is 26.